The van der Waals surface area contributed by atoms with Gasteiger partial charge in [0.2, 0.25) is 11.8 Å². The zero-order valence-corrected chi connectivity index (χ0v) is 11.6. The van der Waals surface area contributed by atoms with Crippen LogP contribution in [-0.2, 0) is 14.4 Å². The van der Waals surface area contributed by atoms with E-state index in [0.717, 1.165) is 10.5 Å². The van der Waals surface area contributed by atoms with E-state index in [1.165, 1.54) is 0 Å². The van der Waals surface area contributed by atoms with Gasteiger partial charge in [-0.05, 0) is 24.6 Å². The molecule has 1 fully saturated rings. The lowest BCUT2D eigenvalue weighted by Gasteiger charge is -2.25. The molecule has 1 aromatic rings. The molecule has 1 aliphatic heterocycles. The van der Waals surface area contributed by atoms with Crippen molar-refractivity contribution in [3.8, 4) is 5.75 Å². The van der Waals surface area contributed by atoms with Crippen molar-refractivity contribution in [1.29, 1.82) is 0 Å². The van der Waals surface area contributed by atoms with Gasteiger partial charge in [-0.25, -0.2) is 0 Å². The Morgan fingerprint density at radius 3 is 2.65 bits per heavy atom. The maximum atomic E-state index is 11.9. The molecular formula is C13H13ClN2O4. The summed E-state index contributed by atoms with van der Waals surface area (Å²) in [6.45, 7) is 1.31. The van der Waals surface area contributed by atoms with E-state index in [1.54, 1.807) is 12.1 Å². The lowest BCUT2D eigenvalue weighted by molar-refractivity contribution is -0.146. The predicted octanol–water partition coefficient (Wildman–Crippen LogP) is 0.512. The third-order valence-electron chi connectivity index (χ3n) is 2.74. The topological polar surface area (TPSA) is 75.7 Å². The maximum absolute atomic E-state index is 11.9. The lowest BCUT2D eigenvalue weighted by atomic mass is 10.2. The molecule has 0 spiro atoms. The standard InChI is InChI=1S/C13H13ClN2O4/c1-8-2-3-9(14)10(4-8)20-7-13(19)16-5-11(17)15-12(18)6-16/h2-4H,5-7H2,1H3,(H,15,17,18). The normalized spacial score (nSPS) is 15.0. The highest BCUT2D eigenvalue weighted by molar-refractivity contribution is 6.32. The highest BCUT2D eigenvalue weighted by Crippen LogP contribution is 2.25. The van der Waals surface area contributed by atoms with Crippen molar-refractivity contribution in [2.24, 2.45) is 0 Å². The van der Waals surface area contributed by atoms with Crippen LogP contribution >= 0.6 is 11.6 Å². The minimum absolute atomic E-state index is 0.143. The largest absolute Gasteiger partial charge is 0.482 e. The third-order valence-corrected chi connectivity index (χ3v) is 3.05. The van der Waals surface area contributed by atoms with Gasteiger partial charge in [-0.15, -0.1) is 0 Å². The Morgan fingerprint density at radius 2 is 2.00 bits per heavy atom. The molecule has 1 aliphatic rings. The summed E-state index contributed by atoms with van der Waals surface area (Å²) in [6, 6.07) is 5.21. The first kappa shape index (κ1) is 14.3. The van der Waals surface area contributed by atoms with Gasteiger partial charge in [0, 0.05) is 0 Å². The summed E-state index contributed by atoms with van der Waals surface area (Å²) in [4.78, 5) is 35.4. The van der Waals surface area contributed by atoms with Crippen LogP contribution in [-0.4, -0.2) is 42.3 Å². The van der Waals surface area contributed by atoms with Gasteiger partial charge in [0.1, 0.15) is 18.8 Å². The second-order valence-electron chi connectivity index (χ2n) is 4.44. The van der Waals surface area contributed by atoms with Crippen LogP contribution in [0.2, 0.25) is 5.02 Å². The Morgan fingerprint density at radius 1 is 1.35 bits per heavy atom. The van der Waals surface area contributed by atoms with Gasteiger partial charge in [-0.2, -0.15) is 0 Å². The van der Waals surface area contributed by atoms with E-state index in [0.29, 0.717) is 10.8 Å². The van der Waals surface area contributed by atoms with Crippen molar-refractivity contribution in [2.75, 3.05) is 19.7 Å². The van der Waals surface area contributed by atoms with E-state index >= 15 is 0 Å². The Balaban J connectivity index is 1.96. The fourth-order valence-corrected chi connectivity index (χ4v) is 1.94. The molecule has 7 heteroatoms. The molecule has 1 N–H and O–H groups in total. The van der Waals surface area contributed by atoms with Crippen LogP contribution < -0.4 is 10.1 Å². The molecule has 2 rings (SSSR count). The van der Waals surface area contributed by atoms with E-state index in [9.17, 15) is 14.4 Å². The summed E-state index contributed by atoms with van der Waals surface area (Å²) in [5.41, 5.74) is 0.948. The van der Waals surface area contributed by atoms with Crippen molar-refractivity contribution in [2.45, 2.75) is 6.92 Å². The molecule has 3 amide bonds. The number of ether oxygens (including phenoxy) is 1. The molecule has 0 aliphatic carbocycles. The number of hydrogen-bond acceptors (Lipinski definition) is 4. The van der Waals surface area contributed by atoms with Crippen molar-refractivity contribution < 1.29 is 19.1 Å². The molecule has 106 valence electrons. The maximum Gasteiger partial charge on any atom is 0.261 e. The van der Waals surface area contributed by atoms with Crippen LogP contribution in [0.15, 0.2) is 18.2 Å². The van der Waals surface area contributed by atoms with Crippen LogP contribution in [0.5, 0.6) is 5.75 Å². The molecule has 0 radical (unpaired) electrons. The van der Waals surface area contributed by atoms with Crippen LogP contribution in [0, 0.1) is 6.92 Å². The Bertz CT molecular complexity index is 557. The van der Waals surface area contributed by atoms with Crippen LogP contribution in [0.25, 0.3) is 0 Å². The minimum Gasteiger partial charge on any atom is -0.482 e. The summed E-state index contributed by atoms with van der Waals surface area (Å²) in [5, 5.41) is 2.52. The zero-order valence-electron chi connectivity index (χ0n) is 10.8. The van der Waals surface area contributed by atoms with E-state index < -0.39 is 17.7 Å². The molecule has 20 heavy (non-hydrogen) atoms. The number of rotatable bonds is 3. The number of halogens is 1. The number of nitrogens with zero attached hydrogens (tertiary/aromatic N) is 1. The summed E-state index contributed by atoms with van der Waals surface area (Å²) in [5.74, 6) is -1.04. The van der Waals surface area contributed by atoms with Crippen molar-refractivity contribution in [1.82, 2.24) is 10.2 Å². The average molecular weight is 297 g/mol. The molecule has 0 saturated carbocycles. The number of carbonyl (C=O) groups excluding carboxylic acids is 3. The van der Waals surface area contributed by atoms with Gasteiger partial charge in [0.25, 0.3) is 5.91 Å². The van der Waals surface area contributed by atoms with Gasteiger partial charge < -0.3 is 9.64 Å². The molecule has 0 unspecified atom stereocenters. The van der Waals surface area contributed by atoms with Gasteiger partial charge in [0.15, 0.2) is 6.61 Å². The summed E-state index contributed by atoms with van der Waals surface area (Å²) in [6.07, 6.45) is 0. The molecule has 0 atom stereocenters. The number of nitrogens with one attached hydrogen (secondary N) is 1. The van der Waals surface area contributed by atoms with Gasteiger partial charge in [-0.1, -0.05) is 17.7 Å². The fraction of sp³-hybridized carbons (Fsp3) is 0.308. The molecule has 6 nitrogen and oxygen atoms in total. The average Bonchev–Trinajstić information content (AvgIpc) is 2.38. The van der Waals surface area contributed by atoms with Crippen LogP contribution in [0.1, 0.15) is 5.56 Å². The monoisotopic (exact) mass is 296 g/mol. The third kappa shape index (κ3) is 3.48. The fourth-order valence-electron chi connectivity index (χ4n) is 1.77. The summed E-state index contributed by atoms with van der Waals surface area (Å²) >= 11 is 5.94. The van der Waals surface area contributed by atoms with Crippen molar-refractivity contribution >= 4 is 29.3 Å². The van der Waals surface area contributed by atoms with Gasteiger partial charge in [-0.3, -0.25) is 19.7 Å². The lowest BCUT2D eigenvalue weighted by Crippen LogP contribution is -2.54. The smallest absolute Gasteiger partial charge is 0.261 e. The molecule has 0 bridgehead atoms. The number of piperazine rings is 1. The minimum atomic E-state index is -0.497. The van der Waals surface area contributed by atoms with E-state index in [-0.39, 0.29) is 19.7 Å². The Labute approximate surface area is 120 Å². The van der Waals surface area contributed by atoms with Crippen molar-refractivity contribution in [3.05, 3.63) is 28.8 Å². The highest BCUT2D eigenvalue weighted by atomic mass is 35.5. The summed E-state index contributed by atoms with van der Waals surface area (Å²) < 4.78 is 5.34. The highest BCUT2D eigenvalue weighted by Gasteiger charge is 2.26. The van der Waals surface area contributed by atoms with Gasteiger partial charge in [0.05, 0.1) is 5.02 Å². The van der Waals surface area contributed by atoms with Crippen LogP contribution in [0.3, 0.4) is 0 Å². The van der Waals surface area contributed by atoms with Crippen molar-refractivity contribution in [3.63, 3.8) is 0 Å². The SMILES string of the molecule is Cc1ccc(Cl)c(OCC(=O)N2CC(=O)NC(=O)C2)c1. The molecule has 1 saturated heterocycles. The first-order valence-corrected chi connectivity index (χ1v) is 6.33. The number of aryl methyl sites for hydroxylation is 1. The second-order valence-corrected chi connectivity index (χ2v) is 4.85. The number of benzene rings is 1. The molecule has 0 aromatic heterocycles. The van der Waals surface area contributed by atoms with E-state index in [2.05, 4.69) is 5.32 Å². The first-order chi connectivity index (χ1) is 9.45. The Hall–Kier alpha value is -2.08. The number of amides is 3. The second kappa shape index (κ2) is 5.92. The number of imide groups is 1. The van der Waals surface area contributed by atoms with E-state index in [4.69, 9.17) is 16.3 Å². The van der Waals surface area contributed by atoms with Gasteiger partial charge >= 0.3 is 0 Å². The molecule has 1 heterocycles. The number of hydrogen-bond donors (Lipinski definition) is 1. The predicted molar refractivity (Wildman–Crippen MR) is 71.4 cm³/mol. The quantitative estimate of drug-likeness (QED) is 0.825. The molecule has 1 aromatic carbocycles. The molecular weight excluding hydrogens is 284 g/mol. The van der Waals surface area contributed by atoms with E-state index in [1.807, 2.05) is 13.0 Å². The zero-order chi connectivity index (χ0) is 14.7. The first-order valence-electron chi connectivity index (χ1n) is 5.95. The number of carbonyl (C=O) groups is 3. The van der Waals surface area contributed by atoms with Crippen LogP contribution in [0.4, 0.5) is 0 Å². The Kier molecular flexibility index (Phi) is 4.24. The summed E-state index contributed by atoms with van der Waals surface area (Å²) in [7, 11) is 0.